The van der Waals surface area contributed by atoms with E-state index in [0.717, 1.165) is 43.0 Å². The highest BCUT2D eigenvalue weighted by molar-refractivity contribution is 6.42. The number of piperidine rings is 2. The fourth-order valence-electron chi connectivity index (χ4n) is 8.41. The zero-order chi connectivity index (χ0) is 29.2. The van der Waals surface area contributed by atoms with E-state index in [9.17, 15) is 14.4 Å². The molecule has 226 valence electrons. The number of carbonyl (C=O) groups is 2. The molecule has 4 aliphatic rings. The first kappa shape index (κ1) is 28.8. The summed E-state index contributed by atoms with van der Waals surface area (Å²) in [4.78, 5) is 50.8. The lowest BCUT2D eigenvalue weighted by molar-refractivity contribution is -0.142. The van der Waals surface area contributed by atoms with Crippen molar-refractivity contribution in [3.8, 4) is 0 Å². The second-order valence-electron chi connectivity index (χ2n) is 12.6. The number of oxime groups is 1. The molecule has 5 atom stereocenters. The van der Waals surface area contributed by atoms with Crippen molar-refractivity contribution in [1.29, 1.82) is 0 Å². The first-order valence-electron chi connectivity index (χ1n) is 15.6. The number of nitrogens with zero attached hydrogens (tertiary/aromatic N) is 4. The monoisotopic (exact) mass is 578 g/mol. The number of fused-ring (bicyclic) bond motifs is 5. The highest BCUT2D eigenvalue weighted by Crippen LogP contribution is 2.47. The van der Waals surface area contributed by atoms with Crippen LogP contribution in [0.3, 0.4) is 0 Å². The van der Waals surface area contributed by atoms with Gasteiger partial charge in [-0.25, -0.2) is 9.78 Å². The SMILES string of the molecule is COC(=O)C(=NOCCOC(C)=O)c1nc2ccccc2n(C2CC3CCC[C@H](C2)N3C2CC3CCCC(C3)C2)c1=O. The van der Waals surface area contributed by atoms with Crippen LogP contribution in [0.1, 0.15) is 89.3 Å². The summed E-state index contributed by atoms with van der Waals surface area (Å²) in [5.41, 5.74) is 0.605. The van der Waals surface area contributed by atoms with Crippen LogP contribution in [0.2, 0.25) is 0 Å². The Morgan fingerprint density at radius 1 is 0.905 bits per heavy atom. The maximum atomic E-state index is 14.2. The smallest absolute Gasteiger partial charge is 0.362 e. The molecule has 42 heavy (non-hydrogen) atoms. The van der Waals surface area contributed by atoms with E-state index in [1.165, 1.54) is 59.0 Å². The van der Waals surface area contributed by atoms with Gasteiger partial charge in [0, 0.05) is 31.1 Å². The Morgan fingerprint density at radius 3 is 2.29 bits per heavy atom. The highest BCUT2D eigenvalue weighted by Gasteiger charge is 2.45. The van der Waals surface area contributed by atoms with E-state index in [4.69, 9.17) is 14.3 Å². The van der Waals surface area contributed by atoms with E-state index < -0.39 is 11.9 Å². The first-order valence-corrected chi connectivity index (χ1v) is 15.6. The molecule has 0 radical (unpaired) electrons. The van der Waals surface area contributed by atoms with Gasteiger partial charge in [-0.15, -0.1) is 0 Å². The van der Waals surface area contributed by atoms with Crippen LogP contribution in [0.15, 0.2) is 34.2 Å². The molecule has 4 unspecified atom stereocenters. The topological polar surface area (TPSA) is 112 Å². The molecule has 0 amide bonds. The maximum Gasteiger partial charge on any atom is 0.362 e. The van der Waals surface area contributed by atoms with Crippen molar-refractivity contribution in [3.63, 3.8) is 0 Å². The number of hydrogen-bond acceptors (Lipinski definition) is 9. The second-order valence-corrected chi connectivity index (χ2v) is 12.6. The largest absolute Gasteiger partial charge is 0.464 e. The standard InChI is InChI=1S/C32H42N4O6/c1-20(37)41-13-14-42-34-30(32(39)40-2)29-31(38)36(28-12-4-3-11-27(28)33-29)26-18-23-9-6-10-24(19-26)35(23)25-16-21-7-5-8-22(15-21)17-25/h3-4,11-12,21-26H,5-10,13-19H2,1-2H3/t21?,22?,23-,24?,25?,26?/m1/s1. The van der Waals surface area contributed by atoms with Crippen LogP contribution < -0.4 is 5.56 Å². The number of aromatic nitrogens is 2. The van der Waals surface area contributed by atoms with Crippen LogP contribution in [-0.2, 0) is 23.9 Å². The van der Waals surface area contributed by atoms with Gasteiger partial charge in [-0.1, -0.05) is 43.0 Å². The van der Waals surface area contributed by atoms with Crippen molar-refractivity contribution < 1.29 is 23.9 Å². The van der Waals surface area contributed by atoms with Crippen LogP contribution in [0.5, 0.6) is 0 Å². The first-order chi connectivity index (χ1) is 20.4. The van der Waals surface area contributed by atoms with Gasteiger partial charge in [0.2, 0.25) is 5.71 Å². The number of para-hydroxylation sites is 2. The fraction of sp³-hybridized carbons (Fsp3) is 0.656. The number of hydrogen-bond donors (Lipinski definition) is 0. The Balaban J connectivity index is 1.32. The minimum Gasteiger partial charge on any atom is -0.464 e. The molecule has 3 heterocycles. The number of methoxy groups -OCH3 is 1. The molecule has 10 heteroatoms. The molecular formula is C32H42N4O6. The Kier molecular flexibility index (Phi) is 8.60. The third-order valence-electron chi connectivity index (χ3n) is 9.93. The van der Waals surface area contributed by atoms with E-state index in [-0.39, 0.29) is 36.2 Å². The molecule has 4 fully saturated rings. The minimum absolute atomic E-state index is 0.0115. The molecule has 1 aromatic heterocycles. The van der Waals surface area contributed by atoms with Gasteiger partial charge in [-0.2, -0.15) is 0 Å². The molecule has 1 aromatic carbocycles. The Hall–Kier alpha value is -3.27. The van der Waals surface area contributed by atoms with E-state index in [2.05, 4.69) is 15.0 Å². The molecule has 0 spiro atoms. The molecule has 2 saturated heterocycles. The van der Waals surface area contributed by atoms with Gasteiger partial charge in [0.05, 0.1) is 18.1 Å². The number of ether oxygens (including phenoxy) is 2. The third kappa shape index (κ3) is 5.82. The van der Waals surface area contributed by atoms with E-state index in [1.807, 2.05) is 28.8 Å². The second kappa shape index (κ2) is 12.5. The van der Waals surface area contributed by atoms with E-state index in [0.29, 0.717) is 23.6 Å². The molecule has 2 saturated carbocycles. The lowest BCUT2D eigenvalue weighted by Crippen LogP contribution is -2.58. The summed E-state index contributed by atoms with van der Waals surface area (Å²) in [6, 6.07) is 9.12. The van der Waals surface area contributed by atoms with Crippen LogP contribution in [0.4, 0.5) is 0 Å². The lowest BCUT2D eigenvalue weighted by Gasteiger charge is -2.55. The lowest BCUT2D eigenvalue weighted by atomic mass is 9.68. The van der Waals surface area contributed by atoms with Crippen molar-refractivity contribution in [2.75, 3.05) is 20.3 Å². The molecule has 0 N–H and O–H groups in total. The predicted octanol–water partition coefficient (Wildman–Crippen LogP) is 4.38. The molecule has 2 aliphatic carbocycles. The summed E-state index contributed by atoms with van der Waals surface area (Å²) < 4.78 is 11.7. The van der Waals surface area contributed by atoms with Crippen molar-refractivity contribution in [2.24, 2.45) is 17.0 Å². The zero-order valence-corrected chi connectivity index (χ0v) is 24.7. The highest BCUT2D eigenvalue weighted by atomic mass is 16.6. The normalized spacial score (nSPS) is 29.6. The van der Waals surface area contributed by atoms with Crippen LogP contribution in [0, 0.1) is 11.8 Å². The van der Waals surface area contributed by atoms with E-state index >= 15 is 0 Å². The summed E-state index contributed by atoms with van der Waals surface area (Å²) >= 11 is 0. The molecule has 2 aliphatic heterocycles. The Bertz CT molecular complexity index is 1380. The molecule has 2 aromatic rings. The van der Waals surface area contributed by atoms with Crippen LogP contribution >= 0.6 is 0 Å². The van der Waals surface area contributed by atoms with Crippen LogP contribution in [-0.4, -0.2) is 70.6 Å². The summed E-state index contributed by atoms with van der Waals surface area (Å²) in [7, 11) is 1.23. The van der Waals surface area contributed by atoms with Gasteiger partial charge >= 0.3 is 11.9 Å². The summed E-state index contributed by atoms with van der Waals surface area (Å²) in [6.07, 6.45) is 13.6. The minimum atomic E-state index is -0.816. The summed E-state index contributed by atoms with van der Waals surface area (Å²) in [6.45, 7) is 1.18. The summed E-state index contributed by atoms with van der Waals surface area (Å²) in [5, 5.41) is 3.94. The third-order valence-corrected chi connectivity index (χ3v) is 9.93. The molecule has 6 rings (SSSR count). The summed E-state index contributed by atoms with van der Waals surface area (Å²) in [5.74, 6) is 0.491. The van der Waals surface area contributed by atoms with Crippen molar-refractivity contribution >= 4 is 28.7 Å². The van der Waals surface area contributed by atoms with E-state index in [1.54, 1.807) is 0 Å². The van der Waals surface area contributed by atoms with Gasteiger partial charge in [-0.05, 0) is 68.9 Å². The molecule has 4 bridgehead atoms. The maximum absolute atomic E-state index is 14.2. The molecular weight excluding hydrogens is 536 g/mol. The number of rotatable bonds is 8. The predicted molar refractivity (Wildman–Crippen MR) is 157 cm³/mol. The quantitative estimate of drug-likeness (QED) is 0.196. The average molecular weight is 579 g/mol. The number of benzene rings is 1. The van der Waals surface area contributed by atoms with Crippen molar-refractivity contribution in [2.45, 2.75) is 102 Å². The number of esters is 2. The van der Waals surface area contributed by atoms with Gasteiger partial charge in [0.25, 0.3) is 5.56 Å². The van der Waals surface area contributed by atoms with Crippen LogP contribution in [0.25, 0.3) is 11.0 Å². The molecule has 10 nitrogen and oxygen atoms in total. The van der Waals surface area contributed by atoms with Gasteiger partial charge in [0.1, 0.15) is 6.61 Å². The fourth-order valence-corrected chi connectivity index (χ4v) is 8.41. The van der Waals surface area contributed by atoms with Gasteiger partial charge < -0.3 is 18.9 Å². The Labute approximate surface area is 246 Å². The van der Waals surface area contributed by atoms with Gasteiger partial charge in [-0.3, -0.25) is 14.5 Å². The number of carbonyl (C=O) groups excluding carboxylic acids is 2. The van der Waals surface area contributed by atoms with Crippen molar-refractivity contribution in [3.05, 3.63) is 40.3 Å². The zero-order valence-electron chi connectivity index (χ0n) is 24.7. The van der Waals surface area contributed by atoms with Crippen molar-refractivity contribution in [1.82, 2.24) is 14.5 Å². The Morgan fingerprint density at radius 2 is 1.60 bits per heavy atom. The average Bonchev–Trinajstić information content (AvgIpc) is 2.97. The van der Waals surface area contributed by atoms with Gasteiger partial charge in [0.15, 0.2) is 12.3 Å².